The SMILES string of the molecule is C=C/C(Cl)=C(C[C@H](OC(=O)Sc1cccc(F)c1)c1ccc(OC(F)F)c(OCC2CC2)c1)\C(Cl)=C/C. The van der Waals surface area contributed by atoms with Gasteiger partial charge in [-0.25, -0.2) is 9.18 Å². The normalized spacial score (nSPS) is 15.2. The topological polar surface area (TPSA) is 44.8 Å². The summed E-state index contributed by atoms with van der Waals surface area (Å²) in [6, 6.07) is 9.84. The van der Waals surface area contributed by atoms with E-state index in [0.29, 0.717) is 45.4 Å². The lowest BCUT2D eigenvalue weighted by molar-refractivity contribution is -0.0515. The Labute approximate surface area is 228 Å². The van der Waals surface area contributed by atoms with E-state index in [1.54, 1.807) is 19.1 Å². The molecule has 2 aromatic carbocycles. The van der Waals surface area contributed by atoms with Crippen molar-refractivity contribution in [1.82, 2.24) is 0 Å². The number of benzene rings is 2. The second-order valence-electron chi connectivity index (χ2n) is 8.13. The molecule has 1 aliphatic rings. The van der Waals surface area contributed by atoms with Gasteiger partial charge in [-0.2, -0.15) is 8.78 Å². The number of halogens is 5. The molecule has 0 bridgehead atoms. The van der Waals surface area contributed by atoms with E-state index in [1.165, 1.54) is 42.5 Å². The van der Waals surface area contributed by atoms with Crippen molar-refractivity contribution in [3.63, 3.8) is 0 Å². The summed E-state index contributed by atoms with van der Waals surface area (Å²) in [6.45, 7) is 2.70. The molecule has 1 atom stereocenters. The van der Waals surface area contributed by atoms with Crippen LogP contribution in [0.25, 0.3) is 0 Å². The van der Waals surface area contributed by atoms with Gasteiger partial charge in [0.2, 0.25) is 0 Å². The van der Waals surface area contributed by atoms with Gasteiger partial charge >= 0.3 is 11.9 Å². The Morgan fingerprint density at radius 1 is 1.19 bits per heavy atom. The summed E-state index contributed by atoms with van der Waals surface area (Å²) in [5.41, 5.74) is 0.898. The van der Waals surface area contributed by atoms with Crippen LogP contribution < -0.4 is 9.47 Å². The summed E-state index contributed by atoms with van der Waals surface area (Å²) < 4.78 is 55.7. The maximum atomic E-state index is 13.6. The van der Waals surface area contributed by atoms with Crippen molar-refractivity contribution in [2.24, 2.45) is 5.92 Å². The summed E-state index contributed by atoms with van der Waals surface area (Å²) in [5, 5.41) is -0.133. The lowest BCUT2D eigenvalue weighted by Gasteiger charge is -2.22. The number of hydrogen-bond acceptors (Lipinski definition) is 5. The molecule has 0 unspecified atom stereocenters. The van der Waals surface area contributed by atoms with E-state index in [-0.39, 0.29) is 23.0 Å². The van der Waals surface area contributed by atoms with Gasteiger partial charge in [-0.1, -0.05) is 54.1 Å². The predicted octanol–water partition coefficient (Wildman–Crippen LogP) is 9.40. The van der Waals surface area contributed by atoms with Crippen LogP contribution in [0.15, 0.2) is 81.7 Å². The summed E-state index contributed by atoms with van der Waals surface area (Å²) in [7, 11) is 0. The highest BCUT2D eigenvalue weighted by molar-refractivity contribution is 8.13. The summed E-state index contributed by atoms with van der Waals surface area (Å²) in [6.07, 6.45) is 4.13. The van der Waals surface area contributed by atoms with E-state index < -0.39 is 23.8 Å². The number of carbonyl (C=O) groups is 1. The van der Waals surface area contributed by atoms with Gasteiger partial charge in [0.15, 0.2) is 11.5 Å². The van der Waals surface area contributed by atoms with Crippen LogP contribution in [0.4, 0.5) is 18.0 Å². The molecule has 4 nitrogen and oxygen atoms in total. The van der Waals surface area contributed by atoms with Gasteiger partial charge in [-0.3, -0.25) is 0 Å². The molecule has 3 rings (SSSR count). The molecule has 0 heterocycles. The number of allylic oxidation sites excluding steroid dienone is 4. The van der Waals surface area contributed by atoms with Crippen LogP contribution in [0.3, 0.4) is 0 Å². The molecule has 10 heteroatoms. The Hall–Kier alpha value is -2.55. The first-order valence-electron chi connectivity index (χ1n) is 11.4. The zero-order valence-electron chi connectivity index (χ0n) is 19.9. The highest BCUT2D eigenvalue weighted by Crippen LogP contribution is 2.40. The van der Waals surface area contributed by atoms with Crippen LogP contribution in [-0.2, 0) is 4.74 Å². The Balaban J connectivity index is 1.95. The molecular weight excluding hydrogens is 548 g/mol. The Morgan fingerprint density at radius 3 is 2.57 bits per heavy atom. The molecule has 0 saturated heterocycles. The first-order valence-corrected chi connectivity index (χ1v) is 13.0. The Morgan fingerprint density at radius 2 is 1.95 bits per heavy atom. The van der Waals surface area contributed by atoms with Crippen molar-refractivity contribution < 1.29 is 32.2 Å². The summed E-state index contributed by atoms with van der Waals surface area (Å²) >= 11 is 13.4. The third-order valence-corrected chi connectivity index (χ3v) is 6.94. The monoisotopic (exact) mass is 572 g/mol. The van der Waals surface area contributed by atoms with Crippen molar-refractivity contribution in [2.75, 3.05) is 6.61 Å². The van der Waals surface area contributed by atoms with Crippen molar-refractivity contribution in [1.29, 1.82) is 0 Å². The van der Waals surface area contributed by atoms with Crippen molar-refractivity contribution in [3.05, 3.63) is 88.2 Å². The van der Waals surface area contributed by atoms with Crippen molar-refractivity contribution in [3.8, 4) is 11.5 Å². The van der Waals surface area contributed by atoms with E-state index in [9.17, 15) is 18.0 Å². The maximum Gasteiger partial charge on any atom is 0.387 e. The van der Waals surface area contributed by atoms with E-state index >= 15 is 0 Å². The fraction of sp³-hybridized carbons (Fsp3) is 0.296. The molecule has 0 spiro atoms. The molecule has 1 aliphatic carbocycles. The average Bonchev–Trinajstić information content (AvgIpc) is 3.69. The van der Waals surface area contributed by atoms with Crippen LogP contribution in [0.5, 0.6) is 11.5 Å². The molecule has 0 aliphatic heterocycles. The van der Waals surface area contributed by atoms with Crippen molar-refractivity contribution in [2.45, 2.75) is 43.8 Å². The van der Waals surface area contributed by atoms with Gasteiger partial charge in [0.1, 0.15) is 11.9 Å². The van der Waals surface area contributed by atoms with Crippen LogP contribution in [0.1, 0.15) is 37.9 Å². The zero-order chi connectivity index (χ0) is 26.9. The van der Waals surface area contributed by atoms with Crippen molar-refractivity contribution >= 4 is 40.3 Å². The predicted molar refractivity (Wildman–Crippen MR) is 140 cm³/mol. The fourth-order valence-electron chi connectivity index (χ4n) is 3.31. The van der Waals surface area contributed by atoms with Crippen LogP contribution in [0.2, 0.25) is 0 Å². The van der Waals surface area contributed by atoms with Gasteiger partial charge < -0.3 is 14.2 Å². The maximum absolute atomic E-state index is 13.6. The summed E-state index contributed by atoms with van der Waals surface area (Å²) in [4.78, 5) is 13.2. The second kappa shape index (κ2) is 13.8. The van der Waals surface area contributed by atoms with Crippen LogP contribution >= 0.6 is 35.0 Å². The minimum absolute atomic E-state index is 0.0423. The van der Waals surface area contributed by atoms with Gasteiger partial charge in [-0.05, 0) is 78.9 Å². The zero-order valence-corrected chi connectivity index (χ0v) is 22.2. The number of hydrogen-bond donors (Lipinski definition) is 0. The lowest BCUT2D eigenvalue weighted by atomic mass is 9.99. The molecule has 0 N–H and O–H groups in total. The minimum atomic E-state index is -3.04. The highest BCUT2D eigenvalue weighted by Gasteiger charge is 2.26. The molecule has 1 saturated carbocycles. The second-order valence-corrected chi connectivity index (χ2v) is 9.95. The molecular formula is C27H25Cl2F3O4S. The number of carbonyl (C=O) groups excluding carboxylic acids is 1. The van der Waals surface area contributed by atoms with E-state index in [1.807, 2.05) is 0 Å². The number of rotatable bonds is 12. The van der Waals surface area contributed by atoms with E-state index in [4.69, 9.17) is 32.7 Å². The number of thioether (sulfide) groups is 1. The molecule has 198 valence electrons. The van der Waals surface area contributed by atoms with Crippen LogP contribution in [-0.4, -0.2) is 18.5 Å². The van der Waals surface area contributed by atoms with Crippen LogP contribution in [0, 0.1) is 11.7 Å². The Kier molecular flexibility index (Phi) is 10.9. The quantitative estimate of drug-likeness (QED) is 0.144. The number of alkyl halides is 2. The van der Waals surface area contributed by atoms with Gasteiger partial charge in [-0.15, -0.1) is 0 Å². The summed E-state index contributed by atoms with van der Waals surface area (Å²) in [5.74, 6) is -0.177. The molecule has 0 radical (unpaired) electrons. The van der Waals surface area contributed by atoms with E-state index in [2.05, 4.69) is 11.3 Å². The molecule has 0 amide bonds. The van der Waals surface area contributed by atoms with E-state index in [0.717, 1.165) is 12.8 Å². The smallest absolute Gasteiger partial charge is 0.387 e. The molecule has 0 aromatic heterocycles. The Bertz CT molecular complexity index is 1180. The lowest BCUT2D eigenvalue weighted by Crippen LogP contribution is -2.11. The molecule has 1 fully saturated rings. The standard InChI is InChI=1S/C27H25Cl2F3O4S/c1-3-21(28)20(22(29)4-2)14-24(36-27(33)37-19-7-5-6-18(30)13-19)17-10-11-23(35-26(31)32)25(12-17)34-15-16-8-9-16/h3-7,10-13,16,24,26H,1,8-9,14-15H2,2H3/b21-20+,22-4+/t24-/m0/s1. The minimum Gasteiger partial charge on any atom is -0.489 e. The first kappa shape index (κ1) is 29.0. The van der Waals surface area contributed by atoms with Gasteiger partial charge in [0.05, 0.1) is 6.61 Å². The average molecular weight is 573 g/mol. The highest BCUT2D eigenvalue weighted by atomic mass is 35.5. The third kappa shape index (κ3) is 9.05. The number of ether oxygens (including phenoxy) is 3. The molecule has 37 heavy (non-hydrogen) atoms. The van der Waals surface area contributed by atoms with Gasteiger partial charge in [0, 0.05) is 21.4 Å². The fourth-order valence-corrected chi connectivity index (χ4v) is 4.39. The third-order valence-electron chi connectivity index (χ3n) is 5.36. The van der Waals surface area contributed by atoms with Gasteiger partial charge in [0.25, 0.3) is 0 Å². The first-order chi connectivity index (χ1) is 17.7. The largest absolute Gasteiger partial charge is 0.489 e. The molecule has 2 aromatic rings.